The molecule has 0 bridgehead atoms. The standard InChI is InChI=1S/C19H18N2O4S/c22-19-17(20-26(23,24)14-8-2-1-3-9-14)18(21-12-6-7-13-21)15-10-4-5-11-16(15)25-19/h1-5,8-11,20H,6-7,12-13H2. The highest BCUT2D eigenvalue weighted by molar-refractivity contribution is 7.92. The van der Waals surface area contributed by atoms with Gasteiger partial charge in [0.05, 0.1) is 10.6 Å². The van der Waals surface area contributed by atoms with Gasteiger partial charge in [-0.05, 0) is 37.1 Å². The molecule has 2 heterocycles. The Hall–Kier alpha value is -2.80. The van der Waals surface area contributed by atoms with Crippen LogP contribution in [0.15, 0.2) is 68.7 Å². The number of nitrogens with one attached hydrogen (secondary N) is 1. The van der Waals surface area contributed by atoms with Gasteiger partial charge in [0.15, 0.2) is 5.69 Å². The molecule has 1 fully saturated rings. The maximum absolute atomic E-state index is 12.7. The predicted octanol–water partition coefficient (Wildman–Crippen LogP) is 3.19. The van der Waals surface area contributed by atoms with Crippen LogP contribution in [0.5, 0.6) is 0 Å². The van der Waals surface area contributed by atoms with Gasteiger partial charge in [-0.1, -0.05) is 30.3 Å². The third-order valence-corrected chi connectivity index (χ3v) is 5.86. The van der Waals surface area contributed by atoms with Crippen molar-refractivity contribution < 1.29 is 12.8 Å². The Kier molecular flexibility index (Phi) is 4.16. The van der Waals surface area contributed by atoms with Crippen LogP contribution in [0.1, 0.15) is 12.8 Å². The van der Waals surface area contributed by atoms with Crippen LogP contribution in [0, 0.1) is 0 Å². The van der Waals surface area contributed by atoms with Crippen LogP contribution in [-0.4, -0.2) is 21.5 Å². The summed E-state index contributed by atoms with van der Waals surface area (Å²) in [6.07, 6.45) is 2.00. The molecule has 1 N–H and O–H groups in total. The van der Waals surface area contributed by atoms with Gasteiger partial charge in [0.2, 0.25) is 0 Å². The topological polar surface area (TPSA) is 79.6 Å². The lowest BCUT2D eigenvalue weighted by Gasteiger charge is -2.22. The largest absolute Gasteiger partial charge is 0.421 e. The van der Waals surface area contributed by atoms with Crippen LogP contribution in [0.25, 0.3) is 11.0 Å². The number of hydrogen-bond donors (Lipinski definition) is 1. The highest BCUT2D eigenvalue weighted by Crippen LogP contribution is 2.35. The molecule has 26 heavy (non-hydrogen) atoms. The fourth-order valence-electron chi connectivity index (χ4n) is 3.29. The highest BCUT2D eigenvalue weighted by Gasteiger charge is 2.26. The third kappa shape index (κ3) is 2.94. The second-order valence-electron chi connectivity index (χ2n) is 6.22. The smallest absolute Gasteiger partial charge is 0.363 e. The number of rotatable bonds is 4. The molecule has 0 aliphatic carbocycles. The fraction of sp³-hybridized carbons (Fsp3) is 0.211. The maximum Gasteiger partial charge on any atom is 0.363 e. The number of para-hydroxylation sites is 1. The molecule has 1 aliphatic rings. The Morgan fingerprint density at radius 3 is 2.31 bits per heavy atom. The molecule has 1 saturated heterocycles. The Labute approximate surface area is 151 Å². The van der Waals surface area contributed by atoms with Crippen LogP contribution in [0.2, 0.25) is 0 Å². The van der Waals surface area contributed by atoms with Crippen LogP contribution < -0.4 is 15.2 Å². The Morgan fingerprint density at radius 2 is 1.58 bits per heavy atom. The summed E-state index contributed by atoms with van der Waals surface area (Å²) in [5.74, 6) is 0. The Bertz CT molecular complexity index is 1100. The summed E-state index contributed by atoms with van der Waals surface area (Å²) in [5.41, 5.74) is 0.315. The van der Waals surface area contributed by atoms with E-state index in [1.54, 1.807) is 30.3 Å². The molecule has 7 heteroatoms. The average molecular weight is 370 g/mol. The summed E-state index contributed by atoms with van der Waals surface area (Å²) in [6.45, 7) is 1.54. The van der Waals surface area contributed by atoms with Crippen molar-refractivity contribution in [1.82, 2.24) is 0 Å². The van der Waals surface area contributed by atoms with Crippen molar-refractivity contribution in [2.45, 2.75) is 17.7 Å². The number of anilines is 2. The summed E-state index contributed by atoms with van der Waals surface area (Å²) in [5, 5.41) is 0.722. The van der Waals surface area contributed by atoms with Gasteiger partial charge in [0, 0.05) is 18.5 Å². The molecule has 1 aliphatic heterocycles. The fourth-order valence-corrected chi connectivity index (χ4v) is 4.37. The first-order valence-corrected chi connectivity index (χ1v) is 9.93. The van der Waals surface area contributed by atoms with E-state index >= 15 is 0 Å². The van der Waals surface area contributed by atoms with Crippen molar-refractivity contribution in [2.24, 2.45) is 0 Å². The van der Waals surface area contributed by atoms with Crippen molar-refractivity contribution in [3.05, 3.63) is 65.0 Å². The molecule has 6 nitrogen and oxygen atoms in total. The van der Waals surface area contributed by atoms with E-state index in [0.29, 0.717) is 11.3 Å². The highest BCUT2D eigenvalue weighted by atomic mass is 32.2. The van der Waals surface area contributed by atoms with Crippen LogP contribution in [0.4, 0.5) is 11.4 Å². The van der Waals surface area contributed by atoms with Crippen molar-refractivity contribution in [3.8, 4) is 0 Å². The monoisotopic (exact) mass is 370 g/mol. The van der Waals surface area contributed by atoms with Gasteiger partial charge in [-0.3, -0.25) is 4.72 Å². The molecule has 0 saturated carbocycles. The minimum absolute atomic E-state index is 0.0329. The third-order valence-electron chi connectivity index (χ3n) is 4.50. The zero-order valence-corrected chi connectivity index (χ0v) is 14.8. The van der Waals surface area contributed by atoms with E-state index in [-0.39, 0.29) is 10.6 Å². The molecule has 2 aromatic carbocycles. The number of nitrogens with zero attached hydrogens (tertiary/aromatic N) is 1. The van der Waals surface area contributed by atoms with Crippen molar-refractivity contribution in [2.75, 3.05) is 22.7 Å². The molecule has 4 rings (SSSR count). The van der Waals surface area contributed by atoms with Crippen LogP contribution >= 0.6 is 0 Å². The first-order chi connectivity index (χ1) is 12.6. The normalized spacial score (nSPS) is 14.7. The summed E-state index contributed by atoms with van der Waals surface area (Å²) in [4.78, 5) is 14.7. The molecular weight excluding hydrogens is 352 g/mol. The van der Waals surface area contributed by atoms with Gasteiger partial charge in [-0.25, -0.2) is 13.2 Å². The lowest BCUT2D eigenvalue weighted by atomic mass is 10.1. The quantitative estimate of drug-likeness (QED) is 0.714. The SMILES string of the molecule is O=c1oc2ccccc2c(N2CCCC2)c1NS(=O)(=O)c1ccccc1. The summed E-state index contributed by atoms with van der Waals surface area (Å²) < 4.78 is 33.3. The molecule has 1 aromatic heterocycles. The van der Waals surface area contributed by atoms with Crippen LogP contribution in [-0.2, 0) is 10.0 Å². The Balaban J connectivity index is 1.90. The molecule has 0 spiro atoms. The minimum atomic E-state index is -3.89. The van der Waals surface area contributed by atoms with Crippen molar-refractivity contribution >= 4 is 32.4 Å². The van der Waals surface area contributed by atoms with E-state index < -0.39 is 15.6 Å². The average Bonchev–Trinajstić information content (AvgIpc) is 3.17. The molecule has 3 aromatic rings. The maximum atomic E-state index is 12.7. The molecule has 0 radical (unpaired) electrons. The minimum Gasteiger partial charge on any atom is -0.421 e. The molecule has 134 valence electrons. The molecule has 0 atom stereocenters. The summed E-state index contributed by atoms with van der Waals surface area (Å²) in [7, 11) is -3.89. The van der Waals surface area contributed by atoms with E-state index in [0.717, 1.165) is 31.3 Å². The second kappa shape index (κ2) is 6.49. The van der Waals surface area contributed by atoms with E-state index in [4.69, 9.17) is 4.42 Å². The number of fused-ring (bicyclic) bond motifs is 1. The van der Waals surface area contributed by atoms with E-state index in [1.165, 1.54) is 12.1 Å². The zero-order chi connectivity index (χ0) is 18.1. The Morgan fingerprint density at radius 1 is 0.923 bits per heavy atom. The van der Waals surface area contributed by atoms with Gasteiger partial charge in [0.1, 0.15) is 5.58 Å². The van der Waals surface area contributed by atoms with Gasteiger partial charge in [0.25, 0.3) is 10.0 Å². The van der Waals surface area contributed by atoms with E-state index in [2.05, 4.69) is 4.72 Å². The van der Waals surface area contributed by atoms with Crippen LogP contribution in [0.3, 0.4) is 0 Å². The van der Waals surface area contributed by atoms with Crippen molar-refractivity contribution in [1.29, 1.82) is 0 Å². The van der Waals surface area contributed by atoms with Gasteiger partial charge < -0.3 is 9.32 Å². The summed E-state index contributed by atoms with van der Waals surface area (Å²) in [6, 6.07) is 15.2. The number of benzene rings is 2. The summed E-state index contributed by atoms with van der Waals surface area (Å²) >= 11 is 0. The number of hydrogen-bond acceptors (Lipinski definition) is 5. The van der Waals surface area contributed by atoms with Gasteiger partial charge in [-0.2, -0.15) is 0 Å². The molecule has 0 unspecified atom stereocenters. The first-order valence-electron chi connectivity index (χ1n) is 8.45. The molecule has 0 amide bonds. The van der Waals surface area contributed by atoms with E-state index in [1.807, 2.05) is 17.0 Å². The van der Waals surface area contributed by atoms with Gasteiger partial charge in [-0.15, -0.1) is 0 Å². The molecular formula is C19H18N2O4S. The van der Waals surface area contributed by atoms with Gasteiger partial charge >= 0.3 is 5.63 Å². The van der Waals surface area contributed by atoms with Crippen molar-refractivity contribution in [3.63, 3.8) is 0 Å². The lowest BCUT2D eigenvalue weighted by Crippen LogP contribution is -2.25. The predicted molar refractivity (Wildman–Crippen MR) is 101 cm³/mol. The first kappa shape index (κ1) is 16.7. The zero-order valence-electron chi connectivity index (χ0n) is 14.0. The van der Waals surface area contributed by atoms with E-state index in [9.17, 15) is 13.2 Å². The lowest BCUT2D eigenvalue weighted by molar-refractivity contribution is 0.562. The second-order valence-corrected chi connectivity index (χ2v) is 7.90. The number of sulfonamides is 1.